The van der Waals surface area contributed by atoms with Gasteiger partial charge in [0.15, 0.2) is 0 Å². The molecule has 122 valence electrons. The van der Waals surface area contributed by atoms with Gasteiger partial charge in [-0.25, -0.2) is 0 Å². The van der Waals surface area contributed by atoms with Gasteiger partial charge in [0.25, 0.3) is 5.91 Å². The van der Waals surface area contributed by atoms with Crippen LogP contribution in [0.2, 0.25) is 5.02 Å². The molecule has 0 aliphatic carbocycles. The number of aliphatic hydroxyl groups excluding tert-OH is 1. The van der Waals surface area contributed by atoms with Crippen LogP contribution in [-0.4, -0.2) is 53.0 Å². The predicted octanol–water partition coefficient (Wildman–Crippen LogP) is 2.22. The average Bonchev–Trinajstić information content (AvgIpc) is 3.05. The molecule has 0 spiro atoms. The number of amides is 1. The van der Waals surface area contributed by atoms with Crippen LogP contribution in [0.25, 0.3) is 11.3 Å². The van der Waals surface area contributed by atoms with Crippen LogP contribution in [0.4, 0.5) is 0 Å². The number of halogens is 1. The normalized spacial score (nSPS) is 21.4. The lowest BCUT2D eigenvalue weighted by Crippen LogP contribution is -2.51. The van der Waals surface area contributed by atoms with Gasteiger partial charge in [0.2, 0.25) is 5.76 Å². The number of hydrogen-bond donors (Lipinski definition) is 1. The third-order valence-electron chi connectivity index (χ3n) is 3.81. The Balaban J connectivity index is 1.80. The molecule has 2 heterocycles. The Kier molecular flexibility index (Phi) is 4.66. The molecule has 3 rings (SSSR count). The molecule has 1 fully saturated rings. The lowest BCUT2D eigenvalue weighted by atomic mass is 10.1. The average molecular weight is 337 g/mol. The molecule has 1 N–H and O–H groups in total. The highest BCUT2D eigenvalue weighted by Gasteiger charge is 2.31. The Morgan fingerprint density at radius 3 is 3.04 bits per heavy atom. The van der Waals surface area contributed by atoms with Crippen molar-refractivity contribution in [3.8, 4) is 11.3 Å². The van der Waals surface area contributed by atoms with Crippen molar-refractivity contribution in [2.45, 2.75) is 19.1 Å². The monoisotopic (exact) mass is 336 g/mol. The zero-order chi connectivity index (χ0) is 16.4. The minimum absolute atomic E-state index is 0.0926. The van der Waals surface area contributed by atoms with Crippen LogP contribution in [0.5, 0.6) is 0 Å². The van der Waals surface area contributed by atoms with Gasteiger partial charge in [-0.15, -0.1) is 0 Å². The second kappa shape index (κ2) is 6.70. The van der Waals surface area contributed by atoms with Crippen LogP contribution in [-0.2, 0) is 4.74 Å². The third kappa shape index (κ3) is 3.39. The Morgan fingerprint density at radius 1 is 1.48 bits per heavy atom. The van der Waals surface area contributed by atoms with Crippen LogP contribution >= 0.6 is 11.6 Å². The molecule has 2 aromatic rings. The molecular formula is C16H17ClN2O4. The minimum Gasteiger partial charge on any atom is -0.394 e. The first-order valence-corrected chi connectivity index (χ1v) is 7.72. The molecule has 2 unspecified atom stereocenters. The number of hydrogen-bond acceptors (Lipinski definition) is 5. The summed E-state index contributed by atoms with van der Waals surface area (Å²) in [5.41, 5.74) is 1.33. The van der Waals surface area contributed by atoms with Crippen LogP contribution < -0.4 is 0 Å². The van der Waals surface area contributed by atoms with Gasteiger partial charge < -0.3 is 19.3 Å². The molecule has 6 nitrogen and oxygen atoms in total. The van der Waals surface area contributed by atoms with E-state index in [0.717, 1.165) is 5.56 Å². The van der Waals surface area contributed by atoms with Gasteiger partial charge >= 0.3 is 0 Å². The van der Waals surface area contributed by atoms with Crippen LogP contribution in [0, 0.1) is 0 Å². The number of morpholine rings is 1. The lowest BCUT2D eigenvalue weighted by Gasteiger charge is -2.36. The van der Waals surface area contributed by atoms with Crippen molar-refractivity contribution in [1.29, 1.82) is 0 Å². The van der Waals surface area contributed by atoms with Crippen LogP contribution in [0.3, 0.4) is 0 Å². The highest BCUT2D eigenvalue weighted by Crippen LogP contribution is 2.24. The standard InChI is InChI=1S/C16H17ClN2O4/c1-10-9-22-13(8-20)7-19(10)16(21)15-6-14(18-23-15)11-3-2-4-12(17)5-11/h2-6,10,13,20H,7-9H2,1H3. The number of rotatable bonds is 3. The number of carbonyl (C=O) groups is 1. The number of aromatic nitrogens is 1. The Bertz CT molecular complexity index is 703. The number of aliphatic hydroxyl groups is 1. The van der Waals surface area contributed by atoms with Gasteiger partial charge in [-0.05, 0) is 19.1 Å². The van der Waals surface area contributed by atoms with E-state index in [1.54, 1.807) is 23.1 Å². The zero-order valence-corrected chi connectivity index (χ0v) is 13.4. The SMILES string of the molecule is CC1COC(CO)CN1C(=O)c1cc(-c2cccc(Cl)c2)no1. The molecular weight excluding hydrogens is 320 g/mol. The Hall–Kier alpha value is -1.89. The Labute approximate surface area is 138 Å². The molecule has 1 saturated heterocycles. The fraction of sp³-hybridized carbons (Fsp3) is 0.375. The molecule has 1 aliphatic rings. The maximum atomic E-state index is 12.6. The van der Waals surface area contributed by atoms with Crippen molar-refractivity contribution in [2.75, 3.05) is 19.8 Å². The van der Waals surface area contributed by atoms with Crippen LogP contribution in [0.15, 0.2) is 34.9 Å². The molecule has 7 heteroatoms. The van der Waals surface area contributed by atoms with E-state index in [1.165, 1.54) is 0 Å². The van der Waals surface area contributed by atoms with E-state index in [4.69, 9.17) is 20.9 Å². The molecule has 0 saturated carbocycles. The summed E-state index contributed by atoms with van der Waals surface area (Å²) >= 11 is 5.97. The van der Waals surface area contributed by atoms with E-state index in [1.807, 2.05) is 19.1 Å². The second-order valence-corrected chi connectivity index (χ2v) is 5.97. The van der Waals surface area contributed by atoms with Crippen molar-refractivity contribution < 1.29 is 19.2 Å². The predicted molar refractivity (Wildman–Crippen MR) is 84.3 cm³/mol. The summed E-state index contributed by atoms with van der Waals surface area (Å²) in [7, 11) is 0. The molecule has 23 heavy (non-hydrogen) atoms. The van der Waals surface area contributed by atoms with Gasteiger partial charge in [0.05, 0.1) is 25.4 Å². The quantitative estimate of drug-likeness (QED) is 0.930. The summed E-state index contributed by atoms with van der Waals surface area (Å²) in [6.45, 7) is 2.47. The van der Waals surface area contributed by atoms with E-state index < -0.39 is 0 Å². The summed E-state index contributed by atoms with van der Waals surface area (Å²) in [5.74, 6) is -0.106. The molecule has 1 aliphatic heterocycles. The first-order valence-electron chi connectivity index (χ1n) is 7.34. The number of carbonyl (C=O) groups excluding carboxylic acids is 1. The highest BCUT2D eigenvalue weighted by atomic mass is 35.5. The van der Waals surface area contributed by atoms with Crippen molar-refractivity contribution in [2.24, 2.45) is 0 Å². The molecule has 1 aromatic carbocycles. The molecule has 1 aromatic heterocycles. The van der Waals surface area contributed by atoms with Crippen molar-refractivity contribution in [3.05, 3.63) is 41.1 Å². The lowest BCUT2D eigenvalue weighted by molar-refractivity contribution is -0.0675. The molecule has 0 bridgehead atoms. The highest BCUT2D eigenvalue weighted by molar-refractivity contribution is 6.30. The van der Waals surface area contributed by atoms with E-state index in [0.29, 0.717) is 23.9 Å². The number of benzene rings is 1. The van der Waals surface area contributed by atoms with Crippen LogP contribution in [0.1, 0.15) is 17.5 Å². The topological polar surface area (TPSA) is 75.8 Å². The number of ether oxygens (including phenoxy) is 1. The molecule has 0 radical (unpaired) electrons. The summed E-state index contributed by atoms with van der Waals surface area (Å²) < 4.78 is 10.6. The maximum Gasteiger partial charge on any atom is 0.292 e. The first-order chi connectivity index (χ1) is 11.1. The van der Waals surface area contributed by atoms with Gasteiger partial charge in [0.1, 0.15) is 5.69 Å². The van der Waals surface area contributed by atoms with Gasteiger partial charge in [-0.1, -0.05) is 28.9 Å². The molecule has 2 atom stereocenters. The summed E-state index contributed by atoms with van der Waals surface area (Å²) in [6.07, 6.45) is -0.370. The summed E-state index contributed by atoms with van der Waals surface area (Å²) in [4.78, 5) is 14.2. The first kappa shape index (κ1) is 16.0. The van der Waals surface area contributed by atoms with E-state index in [2.05, 4.69) is 5.16 Å². The number of nitrogens with zero attached hydrogens (tertiary/aromatic N) is 2. The van der Waals surface area contributed by atoms with Gasteiger partial charge in [-0.3, -0.25) is 4.79 Å². The smallest absolute Gasteiger partial charge is 0.292 e. The summed E-state index contributed by atoms with van der Waals surface area (Å²) in [6, 6.07) is 8.68. The van der Waals surface area contributed by atoms with E-state index >= 15 is 0 Å². The van der Waals surface area contributed by atoms with Crippen molar-refractivity contribution in [3.63, 3.8) is 0 Å². The molecule has 1 amide bonds. The minimum atomic E-state index is -0.370. The van der Waals surface area contributed by atoms with Crippen molar-refractivity contribution >= 4 is 17.5 Å². The fourth-order valence-corrected chi connectivity index (χ4v) is 2.70. The summed E-state index contributed by atoms with van der Waals surface area (Å²) in [5, 5.41) is 13.7. The van der Waals surface area contributed by atoms with E-state index in [-0.39, 0.29) is 30.4 Å². The zero-order valence-electron chi connectivity index (χ0n) is 12.6. The largest absolute Gasteiger partial charge is 0.394 e. The fourth-order valence-electron chi connectivity index (χ4n) is 2.51. The van der Waals surface area contributed by atoms with Crippen molar-refractivity contribution in [1.82, 2.24) is 10.1 Å². The second-order valence-electron chi connectivity index (χ2n) is 5.53. The van der Waals surface area contributed by atoms with Gasteiger partial charge in [-0.2, -0.15) is 0 Å². The Morgan fingerprint density at radius 2 is 2.30 bits per heavy atom. The van der Waals surface area contributed by atoms with Gasteiger partial charge in [0, 0.05) is 23.2 Å². The third-order valence-corrected chi connectivity index (χ3v) is 4.05. The van der Waals surface area contributed by atoms with E-state index in [9.17, 15) is 9.90 Å². The maximum absolute atomic E-state index is 12.6.